The SMILES string of the molecule is COc1cc(N)c(Cl)cc1C(=O)NCc1ccc(F)c(CN(C)C)c1. The molecule has 0 saturated heterocycles. The van der Waals surface area contributed by atoms with Crippen molar-refractivity contribution in [1.29, 1.82) is 0 Å². The van der Waals surface area contributed by atoms with E-state index in [1.807, 2.05) is 19.0 Å². The van der Waals surface area contributed by atoms with Gasteiger partial charge in [-0.2, -0.15) is 0 Å². The molecule has 2 aromatic carbocycles. The number of nitrogens with two attached hydrogens (primary N) is 1. The molecule has 0 unspecified atom stereocenters. The number of carbonyl (C=O) groups is 1. The monoisotopic (exact) mass is 365 g/mol. The van der Waals surface area contributed by atoms with Gasteiger partial charge in [0.1, 0.15) is 11.6 Å². The molecule has 0 aliphatic rings. The van der Waals surface area contributed by atoms with Crippen LogP contribution < -0.4 is 15.8 Å². The number of hydrogen-bond acceptors (Lipinski definition) is 4. The molecule has 0 aromatic heterocycles. The highest BCUT2D eigenvalue weighted by molar-refractivity contribution is 6.33. The maximum Gasteiger partial charge on any atom is 0.255 e. The van der Waals surface area contributed by atoms with Gasteiger partial charge in [-0.1, -0.05) is 17.7 Å². The van der Waals surface area contributed by atoms with Crippen LogP contribution in [0, 0.1) is 5.82 Å². The summed E-state index contributed by atoms with van der Waals surface area (Å²) in [5.41, 5.74) is 7.71. The number of ether oxygens (including phenoxy) is 1. The predicted molar refractivity (Wildman–Crippen MR) is 97.4 cm³/mol. The van der Waals surface area contributed by atoms with Crippen molar-refractivity contribution in [2.45, 2.75) is 13.1 Å². The first-order valence-electron chi connectivity index (χ1n) is 7.65. The predicted octanol–water partition coefficient (Wildman–Crippen LogP) is 3.06. The Balaban J connectivity index is 2.14. The van der Waals surface area contributed by atoms with Gasteiger partial charge in [-0.25, -0.2) is 4.39 Å². The van der Waals surface area contributed by atoms with Crippen molar-refractivity contribution in [3.05, 3.63) is 57.9 Å². The molecule has 5 nitrogen and oxygen atoms in total. The second-order valence-corrected chi connectivity index (χ2v) is 6.33. The van der Waals surface area contributed by atoms with E-state index in [1.165, 1.54) is 25.3 Å². The molecule has 2 rings (SSSR count). The normalized spacial score (nSPS) is 10.8. The van der Waals surface area contributed by atoms with Crippen LogP contribution in [0.2, 0.25) is 5.02 Å². The zero-order valence-corrected chi connectivity index (χ0v) is 15.2. The van der Waals surface area contributed by atoms with Crippen molar-refractivity contribution in [1.82, 2.24) is 10.2 Å². The highest BCUT2D eigenvalue weighted by Gasteiger charge is 2.15. The number of rotatable bonds is 6. The molecule has 0 radical (unpaired) electrons. The van der Waals surface area contributed by atoms with Gasteiger partial charge in [-0.3, -0.25) is 4.79 Å². The lowest BCUT2D eigenvalue weighted by molar-refractivity contribution is 0.0948. The largest absolute Gasteiger partial charge is 0.496 e. The second-order valence-electron chi connectivity index (χ2n) is 5.92. The molecule has 3 N–H and O–H groups in total. The van der Waals surface area contributed by atoms with Gasteiger partial charge in [0.05, 0.1) is 23.4 Å². The molecule has 0 atom stereocenters. The number of benzene rings is 2. The van der Waals surface area contributed by atoms with E-state index >= 15 is 0 Å². The molecular weight excluding hydrogens is 345 g/mol. The van der Waals surface area contributed by atoms with E-state index in [4.69, 9.17) is 22.1 Å². The zero-order valence-electron chi connectivity index (χ0n) is 14.4. The Kier molecular flexibility index (Phi) is 6.22. The summed E-state index contributed by atoms with van der Waals surface area (Å²) < 4.78 is 19.0. The van der Waals surface area contributed by atoms with Crippen molar-refractivity contribution in [3.63, 3.8) is 0 Å². The fourth-order valence-electron chi connectivity index (χ4n) is 2.39. The lowest BCUT2D eigenvalue weighted by Gasteiger charge is -2.13. The van der Waals surface area contributed by atoms with Crippen LogP contribution in [0.15, 0.2) is 30.3 Å². The van der Waals surface area contributed by atoms with Gasteiger partial charge >= 0.3 is 0 Å². The minimum absolute atomic E-state index is 0.255. The first kappa shape index (κ1) is 19.0. The summed E-state index contributed by atoms with van der Waals surface area (Å²) in [5, 5.41) is 3.06. The van der Waals surface area contributed by atoms with Crippen molar-refractivity contribution in [2.75, 3.05) is 26.9 Å². The minimum atomic E-state index is -0.350. The summed E-state index contributed by atoms with van der Waals surface area (Å²) in [4.78, 5) is 14.3. The third kappa shape index (κ3) is 4.84. The second kappa shape index (κ2) is 8.18. The Morgan fingerprint density at radius 2 is 2.04 bits per heavy atom. The van der Waals surface area contributed by atoms with E-state index in [9.17, 15) is 9.18 Å². The van der Waals surface area contributed by atoms with Crippen LogP contribution in [0.5, 0.6) is 5.75 Å². The lowest BCUT2D eigenvalue weighted by atomic mass is 10.1. The molecule has 0 fully saturated rings. The molecule has 0 bridgehead atoms. The molecule has 2 aromatic rings. The molecule has 0 saturated carbocycles. The van der Waals surface area contributed by atoms with Crippen LogP contribution in [0.4, 0.5) is 10.1 Å². The van der Waals surface area contributed by atoms with E-state index < -0.39 is 0 Å². The molecular formula is C18H21ClFN3O2. The molecule has 0 spiro atoms. The van der Waals surface area contributed by atoms with E-state index in [0.717, 1.165) is 5.56 Å². The molecule has 0 aliphatic carbocycles. The van der Waals surface area contributed by atoms with Crippen LogP contribution in [0.1, 0.15) is 21.5 Å². The summed E-state index contributed by atoms with van der Waals surface area (Å²) in [6.07, 6.45) is 0. The van der Waals surface area contributed by atoms with Crippen molar-refractivity contribution < 1.29 is 13.9 Å². The molecule has 0 aliphatic heterocycles. The van der Waals surface area contributed by atoms with Crippen molar-refractivity contribution in [2.24, 2.45) is 0 Å². The standard InChI is InChI=1S/C18H21ClFN3O2/c1-23(2)10-12-6-11(4-5-15(12)20)9-22-18(24)13-7-14(19)16(21)8-17(13)25-3/h4-8H,9-10,21H2,1-3H3,(H,22,24). The maximum atomic E-state index is 13.8. The van der Waals surface area contributed by atoms with E-state index in [1.54, 1.807) is 12.1 Å². The average Bonchev–Trinajstić information content (AvgIpc) is 2.56. The van der Waals surface area contributed by atoms with Gasteiger partial charge in [0.2, 0.25) is 0 Å². The first-order chi connectivity index (χ1) is 11.8. The number of methoxy groups -OCH3 is 1. The van der Waals surface area contributed by atoms with Crippen LogP contribution in [0.3, 0.4) is 0 Å². The van der Waals surface area contributed by atoms with Crippen LogP contribution in [0.25, 0.3) is 0 Å². The van der Waals surface area contributed by atoms with Crippen LogP contribution >= 0.6 is 11.6 Å². The van der Waals surface area contributed by atoms with Gasteiger partial charge in [0.25, 0.3) is 5.91 Å². The number of nitrogen functional groups attached to an aromatic ring is 1. The van der Waals surface area contributed by atoms with Crippen LogP contribution in [-0.4, -0.2) is 32.0 Å². The van der Waals surface area contributed by atoms with Gasteiger partial charge in [0.15, 0.2) is 0 Å². The maximum absolute atomic E-state index is 13.8. The Morgan fingerprint density at radius 1 is 1.32 bits per heavy atom. The fourth-order valence-corrected chi connectivity index (χ4v) is 2.56. The highest BCUT2D eigenvalue weighted by Crippen LogP contribution is 2.28. The molecule has 0 heterocycles. The number of halogens is 2. The topological polar surface area (TPSA) is 67.6 Å². The van der Waals surface area contributed by atoms with E-state index in [2.05, 4.69) is 5.32 Å². The molecule has 7 heteroatoms. The van der Waals surface area contributed by atoms with Gasteiger partial charge in [-0.15, -0.1) is 0 Å². The molecule has 25 heavy (non-hydrogen) atoms. The number of carbonyl (C=O) groups excluding carboxylic acids is 1. The van der Waals surface area contributed by atoms with E-state index in [-0.39, 0.29) is 28.9 Å². The van der Waals surface area contributed by atoms with Gasteiger partial charge in [0, 0.05) is 24.7 Å². The fraction of sp³-hybridized carbons (Fsp3) is 0.278. The Labute approximate surface area is 151 Å². The Hall–Kier alpha value is -2.31. The Morgan fingerprint density at radius 3 is 2.68 bits per heavy atom. The lowest BCUT2D eigenvalue weighted by Crippen LogP contribution is -2.23. The number of hydrogen-bond donors (Lipinski definition) is 2. The van der Waals surface area contributed by atoms with Crippen molar-refractivity contribution in [3.8, 4) is 5.75 Å². The molecule has 1 amide bonds. The third-order valence-corrected chi connectivity index (χ3v) is 3.94. The van der Waals surface area contributed by atoms with Crippen LogP contribution in [-0.2, 0) is 13.1 Å². The molecule has 134 valence electrons. The third-order valence-electron chi connectivity index (χ3n) is 3.61. The minimum Gasteiger partial charge on any atom is -0.496 e. The first-order valence-corrected chi connectivity index (χ1v) is 8.03. The summed E-state index contributed by atoms with van der Waals surface area (Å²) in [5.74, 6) is -0.278. The number of anilines is 1. The summed E-state index contributed by atoms with van der Waals surface area (Å²) in [7, 11) is 5.18. The quantitative estimate of drug-likeness (QED) is 0.772. The van der Waals surface area contributed by atoms with Gasteiger partial charge < -0.3 is 20.7 Å². The van der Waals surface area contributed by atoms with Gasteiger partial charge in [-0.05, 0) is 37.9 Å². The summed E-state index contributed by atoms with van der Waals surface area (Å²) in [6, 6.07) is 7.75. The zero-order chi connectivity index (χ0) is 18.6. The average molecular weight is 366 g/mol. The van der Waals surface area contributed by atoms with E-state index in [0.29, 0.717) is 23.5 Å². The number of amides is 1. The Bertz CT molecular complexity index is 781. The summed E-state index contributed by atoms with van der Waals surface area (Å²) >= 11 is 5.98. The highest BCUT2D eigenvalue weighted by atomic mass is 35.5. The summed E-state index contributed by atoms with van der Waals surface area (Å²) in [6.45, 7) is 0.736. The smallest absolute Gasteiger partial charge is 0.255 e. The van der Waals surface area contributed by atoms with Crippen molar-refractivity contribution >= 4 is 23.2 Å². The number of nitrogens with zero attached hydrogens (tertiary/aromatic N) is 1. The number of nitrogens with one attached hydrogen (secondary N) is 1.